The van der Waals surface area contributed by atoms with E-state index in [0.717, 1.165) is 29.6 Å². The lowest BCUT2D eigenvalue weighted by molar-refractivity contribution is 0.423. The summed E-state index contributed by atoms with van der Waals surface area (Å²) in [5, 5.41) is 8.21. The van der Waals surface area contributed by atoms with Gasteiger partial charge in [0, 0.05) is 23.3 Å². The predicted octanol–water partition coefficient (Wildman–Crippen LogP) is 4.86. The number of halogens is 1. The Bertz CT molecular complexity index is 561. The molecule has 4 heteroatoms. The molecule has 1 aromatic carbocycles. The van der Waals surface area contributed by atoms with Crippen LogP contribution in [0.1, 0.15) is 57.0 Å². The van der Waals surface area contributed by atoms with Gasteiger partial charge in [0.2, 0.25) is 0 Å². The van der Waals surface area contributed by atoms with Crippen molar-refractivity contribution in [2.45, 2.75) is 52.2 Å². The quantitative estimate of drug-likeness (QED) is 0.773. The van der Waals surface area contributed by atoms with Crippen LogP contribution in [0.2, 0.25) is 0 Å². The summed E-state index contributed by atoms with van der Waals surface area (Å²) in [7, 11) is 0. The van der Waals surface area contributed by atoms with Crippen LogP contribution in [0, 0.1) is 0 Å². The van der Waals surface area contributed by atoms with E-state index < -0.39 is 0 Å². The molecule has 0 aliphatic rings. The molecule has 0 spiro atoms. The summed E-state index contributed by atoms with van der Waals surface area (Å²) in [6, 6.07) is 11.3. The zero-order chi connectivity index (χ0) is 15.2. The second-order valence-electron chi connectivity index (χ2n) is 5.42. The maximum atomic E-state index is 4.68. The molecule has 2 rings (SSSR count). The lowest BCUT2D eigenvalue weighted by atomic mass is 10.1. The molecule has 21 heavy (non-hydrogen) atoms. The SMILES string of the molecule is CCC(CC)n1ccc(CNC(C)c2cccc(Br)c2)n1. The minimum absolute atomic E-state index is 0.306. The maximum absolute atomic E-state index is 4.68. The van der Waals surface area contributed by atoms with Crippen molar-refractivity contribution in [2.24, 2.45) is 0 Å². The smallest absolute Gasteiger partial charge is 0.0762 e. The average Bonchev–Trinajstić information content (AvgIpc) is 2.95. The molecule has 0 saturated carbocycles. The van der Waals surface area contributed by atoms with Gasteiger partial charge >= 0.3 is 0 Å². The highest BCUT2D eigenvalue weighted by Crippen LogP contribution is 2.18. The lowest BCUT2D eigenvalue weighted by Gasteiger charge is -2.14. The molecule has 114 valence electrons. The van der Waals surface area contributed by atoms with Crippen molar-refractivity contribution in [1.29, 1.82) is 0 Å². The van der Waals surface area contributed by atoms with E-state index >= 15 is 0 Å². The van der Waals surface area contributed by atoms with Crippen LogP contribution in [0.3, 0.4) is 0 Å². The number of rotatable bonds is 7. The van der Waals surface area contributed by atoms with Crippen molar-refractivity contribution in [1.82, 2.24) is 15.1 Å². The molecule has 0 bridgehead atoms. The van der Waals surface area contributed by atoms with Gasteiger partial charge in [0.25, 0.3) is 0 Å². The first kappa shape index (κ1) is 16.2. The van der Waals surface area contributed by atoms with Crippen LogP contribution in [0.4, 0.5) is 0 Å². The lowest BCUT2D eigenvalue weighted by Crippen LogP contribution is -2.18. The summed E-state index contributed by atoms with van der Waals surface area (Å²) in [6.45, 7) is 7.40. The maximum Gasteiger partial charge on any atom is 0.0762 e. The molecular formula is C17H24BrN3. The molecule has 1 aromatic heterocycles. The third-order valence-electron chi connectivity index (χ3n) is 3.92. The molecule has 1 N–H and O–H groups in total. The standard InChI is InChI=1S/C17H24BrN3/c1-4-17(5-2)21-10-9-16(20-21)12-19-13(3)14-7-6-8-15(18)11-14/h6-11,13,17,19H,4-5,12H2,1-3H3. The van der Waals surface area contributed by atoms with Gasteiger partial charge in [0.05, 0.1) is 11.7 Å². The summed E-state index contributed by atoms with van der Waals surface area (Å²) < 4.78 is 3.22. The van der Waals surface area contributed by atoms with Gasteiger partial charge in [0.15, 0.2) is 0 Å². The molecule has 1 atom stereocenters. The molecule has 0 aliphatic carbocycles. The van der Waals surface area contributed by atoms with E-state index in [1.165, 1.54) is 5.56 Å². The normalized spacial score (nSPS) is 12.8. The van der Waals surface area contributed by atoms with E-state index in [2.05, 4.69) is 82.3 Å². The Hall–Kier alpha value is -1.13. The van der Waals surface area contributed by atoms with Crippen molar-refractivity contribution in [3.63, 3.8) is 0 Å². The highest BCUT2D eigenvalue weighted by Gasteiger charge is 2.09. The predicted molar refractivity (Wildman–Crippen MR) is 91.2 cm³/mol. The largest absolute Gasteiger partial charge is 0.304 e. The van der Waals surface area contributed by atoms with Crippen molar-refractivity contribution in [2.75, 3.05) is 0 Å². The van der Waals surface area contributed by atoms with Gasteiger partial charge in [-0.25, -0.2) is 0 Å². The van der Waals surface area contributed by atoms with Gasteiger partial charge in [-0.05, 0) is 43.5 Å². The van der Waals surface area contributed by atoms with Crippen LogP contribution < -0.4 is 5.32 Å². The number of hydrogen-bond acceptors (Lipinski definition) is 2. The molecule has 2 aromatic rings. The van der Waals surface area contributed by atoms with Gasteiger partial charge in [-0.2, -0.15) is 5.10 Å². The second-order valence-corrected chi connectivity index (χ2v) is 6.33. The molecule has 0 aliphatic heterocycles. The number of nitrogens with one attached hydrogen (secondary N) is 1. The summed E-state index contributed by atoms with van der Waals surface area (Å²) in [5.74, 6) is 0. The Morgan fingerprint density at radius 1 is 1.24 bits per heavy atom. The van der Waals surface area contributed by atoms with Crippen molar-refractivity contribution in [3.8, 4) is 0 Å². The molecule has 1 heterocycles. The van der Waals surface area contributed by atoms with Crippen molar-refractivity contribution >= 4 is 15.9 Å². The van der Waals surface area contributed by atoms with Crippen LogP contribution in [0.15, 0.2) is 41.0 Å². The fourth-order valence-electron chi connectivity index (χ4n) is 2.49. The van der Waals surface area contributed by atoms with Gasteiger partial charge in [0.1, 0.15) is 0 Å². The van der Waals surface area contributed by atoms with Gasteiger partial charge in [-0.15, -0.1) is 0 Å². The first-order valence-electron chi connectivity index (χ1n) is 7.66. The monoisotopic (exact) mass is 349 g/mol. The van der Waals surface area contributed by atoms with Crippen LogP contribution in [-0.2, 0) is 6.54 Å². The Morgan fingerprint density at radius 2 is 2.00 bits per heavy atom. The van der Waals surface area contributed by atoms with E-state index in [1.807, 2.05) is 6.07 Å². The summed E-state index contributed by atoms with van der Waals surface area (Å²) in [4.78, 5) is 0. The van der Waals surface area contributed by atoms with Crippen LogP contribution >= 0.6 is 15.9 Å². The number of benzene rings is 1. The molecule has 1 unspecified atom stereocenters. The van der Waals surface area contributed by atoms with Crippen molar-refractivity contribution in [3.05, 3.63) is 52.3 Å². The van der Waals surface area contributed by atoms with Gasteiger partial charge < -0.3 is 5.32 Å². The minimum atomic E-state index is 0.306. The second kappa shape index (κ2) is 7.76. The Labute approximate surface area is 135 Å². The third kappa shape index (κ3) is 4.42. The van der Waals surface area contributed by atoms with Crippen molar-refractivity contribution < 1.29 is 0 Å². The van der Waals surface area contributed by atoms with E-state index in [0.29, 0.717) is 12.1 Å². The molecule has 0 amide bonds. The van der Waals surface area contributed by atoms with E-state index in [1.54, 1.807) is 0 Å². The first-order chi connectivity index (χ1) is 10.1. The van der Waals surface area contributed by atoms with Crippen LogP contribution in [-0.4, -0.2) is 9.78 Å². The molecule has 0 fully saturated rings. The molecular weight excluding hydrogens is 326 g/mol. The third-order valence-corrected chi connectivity index (χ3v) is 4.41. The number of hydrogen-bond donors (Lipinski definition) is 1. The Balaban J connectivity index is 1.94. The van der Waals surface area contributed by atoms with Crippen LogP contribution in [0.5, 0.6) is 0 Å². The summed E-state index contributed by atoms with van der Waals surface area (Å²) in [6.07, 6.45) is 4.34. The highest BCUT2D eigenvalue weighted by molar-refractivity contribution is 9.10. The zero-order valence-corrected chi connectivity index (χ0v) is 14.6. The Kier molecular flexibility index (Phi) is 6.00. The molecule has 3 nitrogen and oxygen atoms in total. The first-order valence-corrected chi connectivity index (χ1v) is 8.46. The van der Waals surface area contributed by atoms with E-state index in [-0.39, 0.29) is 0 Å². The van der Waals surface area contributed by atoms with Crippen LogP contribution in [0.25, 0.3) is 0 Å². The Morgan fingerprint density at radius 3 is 2.67 bits per heavy atom. The van der Waals surface area contributed by atoms with E-state index in [4.69, 9.17) is 0 Å². The molecule has 0 saturated heterocycles. The molecule has 0 radical (unpaired) electrons. The van der Waals surface area contributed by atoms with Gasteiger partial charge in [-0.1, -0.05) is 41.9 Å². The topological polar surface area (TPSA) is 29.9 Å². The average molecular weight is 350 g/mol. The minimum Gasteiger partial charge on any atom is -0.304 e. The summed E-state index contributed by atoms with van der Waals surface area (Å²) >= 11 is 3.52. The zero-order valence-electron chi connectivity index (χ0n) is 13.0. The summed E-state index contributed by atoms with van der Waals surface area (Å²) in [5.41, 5.74) is 2.38. The van der Waals surface area contributed by atoms with Gasteiger partial charge in [-0.3, -0.25) is 4.68 Å². The van der Waals surface area contributed by atoms with E-state index in [9.17, 15) is 0 Å². The number of aromatic nitrogens is 2. The highest BCUT2D eigenvalue weighted by atomic mass is 79.9. The fourth-order valence-corrected chi connectivity index (χ4v) is 2.91. The number of nitrogens with zero attached hydrogens (tertiary/aromatic N) is 2. The fraction of sp³-hybridized carbons (Fsp3) is 0.471.